The van der Waals surface area contributed by atoms with E-state index in [1.807, 2.05) is 18.2 Å². The number of likely N-dealkylation sites (N-methyl/N-ethyl adjacent to an activating group) is 1. The van der Waals surface area contributed by atoms with Crippen LogP contribution >= 0.6 is 23.2 Å². The molecule has 0 saturated heterocycles. The molecule has 0 heterocycles. The third-order valence-corrected chi connectivity index (χ3v) is 6.09. The van der Waals surface area contributed by atoms with Crippen LogP contribution in [-0.2, 0) is 9.53 Å². The smallest absolute Gasteiger partial charge is 0.409 e. The van der Waals surface area contributed by atoms with Gasteiger partial charge in [0.25, 0.3) is 5.91 Å². The molecule has 0 aromatic heterocycles. The highest BCUT2D eigenvalue weighted by atomic mass is 35.5. The average Bonchev–Trinajstić information content (AvgIpc) is 2.88. The molecule has 8 nitrogen and oxygen atoms in total. The maximum atomic E-state index is 11.5. The molecule has 2 amide bonds. The normalized spacial score (nSPS) is 10.9. The molecule has 10 heteroatoms. The number of rotatable bonds is 7. The number of primary amides is 1. The van der Waals surface area contributed by atoms with Crippen molar-refractivity contribution in [2.75, 3.05) is 27.8 Å². The number of fused-ring (bicyclic) bond motifs is 1. The zero-order valence-electron chi connectivity index (χ0n) is 20.0. The number of benzene rings is 3. The van der Waals surface area contributed by atoms with Crippen LogP contribution in [0.2, 0.25) is 10.0 Å². The molecule has 1 atom stereocenters. The van der Waals surface area contributed by atoms with E-state index in [1.165, 1.54) is 19.1 Å². The molecule has 0 bridgehead atoms. The van der Waals surface area contributed by atoms with Gasteiger partial charge in [-0.15, -0.1) is 0 Å². The van der Waals surface area contributed by atoms with Crippen LogP contribution in [0.5, 0.6) is 5.75 Å². The quantitative estimate of drug-likeness (QED) is 0.420. The Morgan fingerprint density at radius 3 is 2.39 bits per heavy atom. The number of nitriles is 1. The Kier molecular flexibility index (Phi) is 10.5. The van der Waals surface area contributed by atoms with Crippen LogP contribution in [-0.4, -0.2) is 51.0 Å². The van der Waals surface area contributed by atoms with Gasteiger partial charge >= 0.3 is 6.09 Å². The standard InChI is InChI=1S/C13H15Cl2NO3.C13H10N2O2/c1-16(13(18)19-2)8-10(5-6-17)9-3-4-11(14)12(15)7-9;1-17-12-9(7-14)6-8-4-2-3-5-10(8)11(12)13(15)16/h3-4,6-7,10H,5,8H2,1-2H3;2-6H,1H3,(H2,15,16)/t10-;/m1./s1. The molecule has 0 aliphatic rings. The third-order valence-electron chi connectivity index (χ3n) is 5.35. The van der Waals surface area contributed by atoms with E-state index in [0.717, 1.165) is 17.2 Å². The summed E-state index contributed by atoms with van der Waals surface area (Å²) in [7, 11) is 4.34. The van der Waals surface area contributed by atoms with Gasteiger partial charge in [-0.25, -0.2) is 4.79 Å². The first-order valence-corrected chi connectivity index (χ1v) is 11.4. The Balaban J connectivity index is 0.000000255. The summed E-state index contributed by atoms with van der Waals surface area (Å²) in [6.07, 6.45) is 0.661. The number of aldehydes is 1. The highest BCUT2D eigenvalue weighted by Gasteiger charge is 2.19. The molecule has 3 rings (SSSR count). The van der Waals surface area contributed by atoms with E-state index in [9.17, 15) is 14.4 Å². The molecule has 0 aliphatic carbocycles. The van der Waals surface area contributed by atoms with Crippen molar-refractivity contribution in [2.24, 2.45) is 5.73 Å². The molecule has 188 valence electrons. The van der Waals surface area contributed by atoms with E-state index < -0.39 is 12.0 Å². The highest BCUT2D eigenvalue weighted by molar-refractivity contribution is 6.42. The van der Waals surface area contributed by atoms with Crippen molar-refractivity contribution in [3.8, 4) is 11.8 Å². The molecule has 3 aromatic rings. The minimum atomic E-state index is -0.602. The van der Waals surface area contributed by atoms with E-state index >= 15 is 0 Å². The second kappa shape index (κ2) is 13.3. The molecule has 0 spiro atoms. The summed E-state index contributed by atoms with van der Waals surface area (Å²) < 4.78 is 9.73. The van der Waals surface area contributed by atoms with Crippen molar-refractivity contribution in [2.45, 2.75) is 12.3 Å². The van der Waals surface area contributed by atoms with Gasteiger partial charge in [-0.2, -0.15) is 5.26 Å². The maximum absolute atomic E-state index is 11.5. The predicted molar refractivity (Wildman–Crippen MR) is 139 cm³/mol. The largest absolute Gasteiger partial charge is 0.495 e. The number of methoxy groups -OCH3 is 2. The van der Waals surface area contributed by atoms with Crippen LogP contribution in [0.25, 0.3) is 10.8 Å². The van der Waals surface area contributed by atoms with Gasteiger partial charge in [-0.1, -0.05) is 53.5 Å². The summed E-state index contributed by atoms with van der Waals surface area (Å²) in [5.41, 5.74) is 6.77. The number of hydrogen-bond donors (Lipinski definition) is 1. The van der Waals surface area contributed by atoms with Crippen molar-refractivity contribution in [1.82, 2.24) is 4.90 Å². The molecule has 36 heavy (non-hydrogen) atoms. The lowest BCUT2D eigenvalue weighted by atomic mass is 9.96. The van der Waals surface area contributed by atoms with Crippen LogP contribution in [0.4, 0.5) is 4.79 Å². The topological polar surface area (TPSA) is 123 Å². The SMILES string of the molecule is COC(=O)N(C)C[C@@H](CC=O)c1ccc(Cl)c(Cl)c1.COc1c(C#N)cc2ccccc2c1C(N)=O. The van der Waals surface area contributed by atoms with Crippen LogP contribution in [0.15, 0.2) is 48.5 Å². The fourth-order valence-corrected chi connectivity index (χ4v) is 3.93. The molecule has 0 saturated carbocycles. The minimum Gasteiger partial charge on any atom is -0.495 e. The summed E-state index contributed by atoms with van der Waals surface area (Å²) in [4.78, 5) is 35.0. The summed E-state index contributed by atoms with van der Waals surface area (Å²) in [5, 5.41) is 11.4. The number of carbonyl (C=O) groups excluding carboxylic acids is 3. The number of hydrogen-bond acceptors (Lipinski definition) is 6. The van der Waals surface area contributed by atoms with Crippen LogP contribution in [0, 0.1) is 11.3 Å². The monoisotopic (exact) mass is 529 g/mol. The Bertz CT molecular complexity index is 1310. The first-order valence-electron chi connectivity index (χ1n) is 10.7. The van der Waals surface area contributed by atoms with Gasteiger partial charge in [0.15, 0.2) is 0 Å². The fourth-order valence-electron chi connectivity index (χ4n) is 3.63. The van der Waals surface area contributed by atoms with Crippen LogP contribution in [0.1, 0.15) is 33.8 Å². The number of amides is 2. The van der Waals surface area contributed by atoms with Gasteiger partial charge in [-0.3, -0.25) is 4.79 Å². The molecular formula is C26H25Cl2N3O5. The van der Waals surface area contributed by atoms with Crippen molar-refractivity contribution in [3.05, 3.63) is 75.3 Å². The first kappa shape index (κ1) is 28.4. The van der Waals surface area contributed by atoms with Crippen LogP contribution < -0.4 is 10.5 Å². The van der Waals surface area contributed by atoms with Crippen LogP contribution in [0.3, 0.4) is 0 Å². The highest BCUT2D eigenvalue weighted by Crippen LogP contribution is 2.31. The molecule has 3 aromatic carbocycles. The van der Waals surface area contributed by atoms with E-state index in [-0.39, 0.29) is 17.2 Å². The van der Waals surface area contributed by atoms with Gasteiger partial charge in [0, 0.05) is 25.9 Å². The molecule has 0 unspecified atom stereocenters. The Morgan fingerprint density at radius 2 is 1.83 bits per heavy atom. The molecule has 2 N–H and O–H groups in total. The lowest BCUT2D eigenvalue weighted by Crippen LogP contribution is -2.31. The number of nitrogens with two attached hydrogens (primary N) is 1. The number of halogens is 2. The molecule has 0 aliphatic heterocycles. The number of ether oxygens (including phenoxy) is 2. The molecular weight excluding hydrogens is 505 g/mol. The Morgan fingerprint density at radius 1 is 1.14 bits per heavy atom. The zero-order valence-corrected chi connectivity index (χ0v) is 21.5. The van der Waals surface area contributed by atoms with Crippen molar-refractivity contribution in [3.63, 3.8) is 0 Å². The average molecular weight is 530 g/mol. The van der Waals surface area contributed by atoms with Crippen molar-refractivity contribution < 1.29 is 23.9 Å². The lowest BCUT2D eigenvalue weighted by Gasteiger charge is -2.22. The van der Waals surface area contributed by atoms with Crippen molar-refractivity contribution >= 4 is 52.3 Å². The summed E-state index contributed by atoms with van der Waals surface area (Å²) in [6, 6.07) is 16.1. The van der Waals surface area contributed by atoms with Gasteiger partial charge < -0.3 is 24.9 Å². The Labute approximate surface area is 219 Å². The van der Waals surface area contributed by atoms with E-state index in [1.54, 1.807) is 43.4 Å². The maximum Gasteiger partial charge on any atom is 0.409 e. The summed E-state index contributed by atoms with van der Waals surface area (Å²) in [5.74, 6) is -0.509. The first-order chi connectivity index (χ1) is 17.2. The van der Waals surface area contributed by atoms with Gasteiger partial charge in [0.2, 0.25) is 0 Å². The van der Waals surface area contributed by atoms with Gasteiger partial charge in [0.05, 0.1) is 35.4 Å². The van der Waals surface area contributed by atoms with E-state index in [4.69, 9.17) is 38.9 Å². The zero-order chi connectivity index (χ0) is 26.8. The summed E-state index contributed by atoms with van der Waals surface area (Å²) >= 11 is 11.8. The van der Waals surface area contributed by atoms with Crippen molar-refractivity contribution in [1.29, 1.82) is 5.26 Å². The van der Waals surface area contributed by atoms with E-state index in [0.29, 0.717) is 34.0 Å². The molecule has 0 fully saturated rings. The third kappa shape index (κ3) is 6.87. The second-order valence-corrected chi connectivity index (χ2v) is 8.47. The predicted octanol–water partition coefficient (Wildman–Crippen LogP) is 5.18. The fraction of sp³-hybridized carbons (Fsp3) is 0.231. The van der Waals surface area contributed by atoms with Gasteiger partial charge in [-0.05, 0) is 34.5 Å². The Hall–Kier alpha value is -3.80. The minimum absolute atomic E-state index is 0.142. The lowest BCUT2D eigenvalue weighted by molar-refractivity contribution is -0.108. The van der Waals surface area contributed by atoms with E-state index in [2.05, 4.69) is 4.74 Å². The summed E-state index contributed by atoms with van der Waals surface area (Å²) in [6.45, 7) is 0.364. The second-order valence-electron chi connectivity index (χ2n) is 7.65. The number of carbonyl (C=O) groups is 3. The number of nitrogens with zero attached hydrogens (tertiary/aromatic N) is 2. The van der Waals surface area contributed by atoms with Gasteiger partial charge in [0.1, 0.15) is 18.1 Å². The molecule has 0 radical (unpaired) electrons.